The van der Waals surface area contributed by atoms with Crippen LogP contribution in [0.3, 0.4) is 0 Å². The largest absolute Gasteiger partial charge is 0.463 e. The van der Waals surface area contributed by atoms with Crippen LogP contribution in [0.5, 0.6) is 0 Å². The highest BCUT2D eigenvalue weighted by molar-refractivity contribution is 14.1. The molecule has 3 aromatic rings. The molecule has 0 bridgehead atoms. The molecule has 184 valence electrons. The maximum atomic E-state index is 13.1. The lowest BCUT2D eigenvalue weighted by atomic mass is 10.1. The Hall–Kier alpha value is -3.40. The molecular formula is C21H20IN5O8. The summed E-state index contributed by atoms with van der Waals surface area (Å²) in [4.78, 5) is 52.2. The molecule has 1 fully saturated rings. The molecule has 0 spiro atoms. The van der Waals surface area contributed by atoms with Gasteiger partial charge in [0.15, 0.2) is 29.6 Å². The highest BCUT2D eigenvalue weighted by atomic mass is 127. The predicted molar refractivity (Wildman–Crippen MR) is 125 cm³/mol. The van der Waals surface area contributed by atoms with Gasteiger partial charge in [-0.2, -0.15) is 4.68 Å². The van der Waals surface area contributed by atoms with E-state index in [0.29, 0.717) is 5.69 Å². The first-order valence-electron chi connectivity index (χ1n) is 10.4. The van der Waals surface area contributed by atoms with E-state index in [2.05, 4.69) is 37.9 Å². The first-order chi connectivity index (χ1) is 16.7. The van der Waals surface area contributed by atoms with Gasteiger partial charge in [0.1, 0.15) is 12.7 Å². The van der Waals surface area contributed by atoms with Crippen LogP contribution >= 0.6 is 22.6 Å². The van der Waals surface area contributed by atoms with Crippen LogP contribution in [-0.4, -0.2) is 67.4 Å². The molecule has 14 heteroatoms. The van der Waals surface area contributed by atoms with E-state index < -0.39 is 48.0 Å². The van der Waals surface area contributed by atoms with Gasteiger partial charge < -0.3 is 18.9 Å². The van der Waals surface area contributed by atoms with E-state index in [1.807, 2.05) is 12.1 Å². The van der Waals surface area contributed by atoms with Gasteiger partial charge in [-0.15, -0.1) is 5.10 Å². The molecule has 13 nitrogen and oxygen atoms in total. The minimum atomic E-state index is -1.14. The van der Waals surface area contributed by atoms with Gasteiger partial charge in [0, 0.05) is 24.3 Å². The van der Waals surface area contributed by atoms with E-state index in [1.165, 1.54) is 31.7 Å². The van der Waals surface area contributed by atoms with Crippen molar-refractivity contribution in [3.8, 4) is 5.69 Å². The number of imidazole rings is 1. The Bertz CT molecular complexity index is 1340. The lowest BCUT2D eigenvalue weighted by molar-refractivity contribution is -0.166. The van der Waals surface area contributed by atoms with Crippen LogP contribution in [0.1, 0.15) is 27.0 Å². The van der Waals surface area contributed by atoms with E-state index >= 15 is 0 Å². The number of ether oxygens (including phenoxy) is 4. The van der Waals surface area contributed by atoms with E-state index in [1.54, 1.807) is 12.1 Å². The molecule has 3 heterocycles. The molecule has 0 N–H and O–H groups in total. The Morgan fingerprint density at radius 1 is 1.03 bits per heavy atom. The van der Waals surface area contributed by atoms with Gasteiger partial charge in [-0.1, -0.05) is 5.21 Å². The van der Waals surface area contributed by atoms with E-state index in [9.17, 15) is 19.2 Å². The fourth-order valence-corrected chi connectivity index (χ4v) is 4.05. The van der Waals surface area contributed by atoms with Gasteiger partial charge in [0.2, 0.25) is 0 Å². The second kappa shape index (κ2) is 10.1. The minimum absolute atomic E-state index is 0.00352. The number of hydrogen-bond donors (Lipinski definition) is 0. The second-order valence-electron chi connectivity index (χ2n) is 7.62. The number of hydrogen-bond acceptors (Lipinski definition) is 11. The molecule has 0 amide bonds. The second-order valence-corrected chi connectivity index (χ2v) is 8.87. The maximum Gasteiger partial charge on any atom is 0.303 e. The molecule has 4 atom stereocenters. The molecule has 1 saturated heterocycles. The van der Waals surface area contributed by atoms with Gasteiger partial charge in [0.05, 0.1) is 12.0 Å². The lowest BCUT2D eigenvalue weighted by Gasteiger charge is -2.23. The molecule has 4 rings (SSSR count). The normalized spacial score (nSPS) is 21.6. The molecule has 2 aromatic heterocycles. The first-order valence-corrected chi connectivity index (χ1v) is 11.5. The topological polar surface area (TPSA) is 154 Å². The summed E-state index contributed by atoms with van der Waals surface area (Å²) in [6.45, 7) is 3.33. The van der Waals surface area contributed by atoms with Crippen molar-refractivity contribution in [3.05, 3.63) is 44.5 Å². The molecule has 0 saturated carbocycles. The number of carbonyl (C=O) groups is 3. The van der Waals surface area contributed by atoms with Crippen LogP contribution in [0.2, 0.25) is 0 Å². The number of halogens is 1. The van der Waals surface area contributed by atoms with Crippen molar-refractivity contribution >= 4 is 51.7 Å². The van der Waals surface area contributed by atoms with Crippen molar-refractivity contribution in [1.29, 1.82) is 0 Å². The van der Waals surface area contributed by atoms with Crippen LogP contribution in [-0.2, 0) is 33.3 Å². The number of aromatic nitrogens is 5. The van der Waals surface area contributed by atoms with Gasteiger partial charge in [-0.3, -0.25) is 23.7 Å². The average molecular weight is 597 g/mol. The van der Waals surface area contributed by atoms with Gasteiger partial charge in [-0.05, 0) is 46.9 Å². The Balaban J connectivity index is 1.75. The lowest BCUT2D eigenvalue weighted by Crippen LogP contribution is -2.40. The minimum Gasteiger partial charge on any atom is -0.463 e. The number of fused-ring (bicyclic) bond motifs is 1. The van der Waals surface area contributed by atoms with Gasteiger partial charge >= 0.3 is 23.5 Å². The Labute approximate surface area is 211 Å². The van der Waals surface area contributed by atoms with Crippen molar-refractivity contribution in [2.45, 2.75) is 45.3 Å². The quantitative estimate of drug-likeness (QED) is 0.226. The number of carbonyl (C=O) groups excluding carboxylic acids is 3. The van der Waals surface area contributed by atoms with Gasteiger partial charge in [-0.25, -0.2) is 4.98 Å². The van der Waals surface area contributed by atoms with Crippen molar-refractivity contribution in [1.82, 2.24) is 24.5 Å². The fourth-order valence-electron chi connectivity index (χ4n) is 3.69. The summed E-state index contributed by atoms with van der Waals surface area (Å²) in [5.74, 6) is -1.89. The van der Waals surface area contributed by atoms with Crippen molar-refractivity contribution in [2.24, 2.45) is 0 Å². The summed E-state index contributed by atoms with van der Waals surface area (Å²) in [5, 5.41) is 8.16. The monoisotopic (exact) mass is 597 g/mol. The number of rotatable bonds is 6. The third kappa shape index (κ3) is 5.17. The van der Waals surface area contributed by atoms with Crippen molar-refractivity contribution in [3.63, 3.8) is 0 Å². The Kier molecular flexibility index (Phi) is 7.11. The van der Waals surface area contributed by atoms with Crippen molar-refractivity contribution in [2.75, 3.05) is 6.61 Å². The molecule has 0 aliphatic carbocycles. The van der Waals surface area contributed by atoms with E-state index in [4.69, 9.17) is 18.9 Å². The van der Waals surface area contributed by atoms with Crippen LogP contribution < -0.4 is 5.56 Å². The zero-order chi connectivity index (χ0) is 25.3. The van der Waals surface area contributed by atoms with Crippen LogP contribution in [0.4, 0.5) is 0 Å². The molecule has 1 aromatic carbocycles. The van der Waals surface area contributed by atoms with E-state index in [-0.39, 0.29) is 17.8 Å². The maximum absolute atomic E-state index is 13.1. The predicted octanol–water partition coefficient (Wildman–Crippen LogP) is 0.906. The fraction of sp³-hybridized carbons (Fsp3) is 0.381. The Morgan fingerprint density at radius 3 is 2.31 bits per heavy atom. The zero-order valence-corrected chi connectivity index (χ0v) is 20.9. The average Bonchev–Trinajstić information content (AvgIpc) is 3.35. The summed E-state index contributed by atoms with van der Waals surface area (Å²) < 4.78 is 25.2. The summed E-state index contributed by atoms with van der Waals surface area (Å²) in [5.41, 5.74) is 0.0421. The third-order valence-corrected chi connectivity index (χ3v) is 5.80. The third-order valence-electron chi connectivity index (χ3n) is 5.08. The van der Waals surface area contributed by atoms with Gasteiger partial charge in [0.25, 0.3) is 0 Å². The highest BCUT2D eigenvalue weighted by Crippen LogP contribution is 2.35. The first kappa shape index (κ1) is 24.7. The van der Waals surface area contributed by atoms with Crippen LogP contribution in [0.15, 0.2) is 35.4 Å². The molecule has 0 radical (unpaired) electrons. The standard InChI is InChI=1S/C21H20IN5O8/c1-10(28)32-8-15-17(33-11(2)29)18(34-12(3)30)21(35-15)26-9-23-16-19(26)24-25-27(20(16)31)14-6-4-13(22)5-7-14/h4-7,9,15,17-18,21H,8H2,1-3H3/t15-,17-,18-,21-/m1/s1. The van der Waals surface area contributed by atoms with Crippen molar-refractivity contribution < 1.29 is 33.3 Å². The number of benzene rings is 1. The highest BCUT2D eigenvalue weighted by Gasteiger charge is 2.51. The molecule has 1 aliphatic rings. The van der Waals surface area contributed by atoms with Crippen LogP contribution in [0.25, 0.3) is 16.9 Å². The molecule has 35 heavy (non-hydrogen) atoms. The SMILES string of the molecule is CC(=O)OC[C@H]1O[C@@H](n2cnc3c(=O)n(-c4ccc(I)cc4)nnc32)[C@H](OC(C)=O)[C@@H]1OC(C)=O. The molecule has 0 unspecified atom stereocenters. The smallest absolute Gasteiger partial charge is 0.303 e. The van der Waals surface area contributed by atoms with Crippen LogP contribution in [0, 0.1) is 3.57 Å². The summed E-state index contributed by atoms with van der Waals surface area (Å²) in [6.07, 6.45) is -3.02. The molecular weight excluding hydrogens is 577 g/mol. The summed E-state index contributed by atoms with van der Waals surface area (Å²) >= 11 is 2.15. The summed E-state index contributed by atoms with van der Waals surface area (Å²) in [7, 11) is 0. The number of esters is 3. The number of nitrogens with zero attached hydrogens (tertiary/aromatic N) is 5. The molecule has 1 aliphatic heterocycles. The zero-order valence-electron chi connectivity index (χ0n) is 18.8. The Morgan fingerprint density at radius 2 is 1.69 bits per heavy atom. The summed E-state index contributed by atoms with van der Waals surface area (Å²) in [6, 6.07) is 7.09. The van der Waals surface area contributed by atoms with E-state index in [0.717, 1.165) is 8.25 Å².